The molecule has 1 heterocycles. The van der Waals surface area contributed by atoms with Crippen LogP contribution in [0.25, 0.3) is 0 Å². The molecule has 1 N–H and O–H groups in total. The zero-order valence-electron chi connectivity index (χ0n) is 6.88. The molecule has 0 atom stereocenters. The molecule has 0 fully saturated rings. The number of ketones is 1. The van der Waals surface area contributed by atoms with E-state index in [1.54, 1.807) is 0 Å². The fraction of sp³-hybridized carbons (Fsp3) is 0.400. The molecular weight excluding hydrogens is 178 g/mol. The van der Waals surface area contributed by atoms with E-state index < -0.39 is 5.03 Å². The molecule has 13 heavy (non-hydrogen) atoms. The number of nitrogens with zero attached hydrogens (tertiary/aromatic N) is 4. The van der Waals surface area contributed by atoms with Crippen LogP contribution in [0.5, 0.6) is 0 Å². The molecule has 0 saturated heterocycles. The molecule has 0 bridgehead atoms. The Morgan fingerprint density at radius 3 is 3.08 bits per heavy atom. The number of aromatic nitrogens is 3. The van der Waals surface area contributed by atoms with E-state index in [1.807, 2.05) is 5.53 Å². The van der Waals surface area contributed by atoms with Gasteiger partial charge >= 0.3 is 12.7 Å². The summed E-state index contributed by atoms with van der Waals surface area (Å²) in [4.78, 5) is 20.6. The number of hydrazine groups is 1. The first-order chi connectivity index (χ1) is 6.08. The maximum Gasteiger partial charge on any atom is 0.364 e. The molecule has 0 aromatic carbocycles. The quantitative estimate of drug-likeness (QED) is 0.350. The van der Waals surface area contributed by atoms with E-state index in [4.69, 9.17) is 0 Å². The minimum Gasteiger partial charge on any atom is -0.339 e. The second-order valence-corrected chi connectivity index (χ2v) is 2.41. The molecule has 0 saturated carbocycles. The molecule has 8 heteroatoms. The van der Waals surface area contributed by atoms with Crippen LogP contribution < -0.4 is 10.2 Å². The number of rotatable bonds is 4. The molecule has 8 nitrogen and oxygen atoms in total. The van der Waals surface area contributed by atoms with Gasteiger partial charge in [0.15, 0.2) is 12.3 Å². The molecule has 0 aliphatic rings. The predicted molar refractivity (Wildman–Crippen MR) is 39.5 cm³/mol. The summed E-state index contributed by atoms with van der Waals surface area (Å²) in [6.45, 7) is 1.51. The van der Waals surface area contributed by atoms with Gasteiger partial charge in [0.1, 0.15) is 5.10 Å². The number of hydrogen-bond donors (Lipinski definition) is 1. The Morgan fingerprint density at radius 2 is 2.54 bits per heavy atom. The van der Waals surface area contributed by atoms with E-state index in [1.165, 1.54) is 24.3 Å². The van der Waals surface area contributed by atoms with Gasteiger partial charge in [-0.2, -0.15) is 0 Å². The van der Waals surface area contributed by atoms with Crippen molar-refractivity contribution in [3.05, 3.63) is 22.8 Å². The lowest BCUT2D eigenvalue weighted by Crippen LogP contribution is -2.46. The zero-order chi connectivity index (χ0) is 9.84. The standard InChI is InChI=1S/C5H8N5O3/c1-5(11)2-8-4-9(3-6-8)7-10(12)13/h3-4,7H,2H2,1H3/q+1. The number of hydrogen-bond acceptors (Lipinski definition) is 4. The van der Waals surface area contributed by atoms with Crippen molar-refractivity contribution in [1.82, 2.24) is 9.78 Å². The smallest absolute Gasteiger partial charge is 0.339 e. The third-order valence-corrected chi connectivity index (χ3v) is 1.16. The zero-order valence-corrected chi connectivity index (χ0v) is 6.88. The Bertz CT molecular complexity index is 302. The topological polar surface area (TPSA) is 93.9 Å². The highest BCUT2D eigenvalue weighted by Gasteiger charge is 2.12. The monoisotopic (exact) mass is 186 g/mol. The molecule has 1 aromatic heterocycles. The second-order valence-electron chi connectivity index (χ2n) is 2.41. The molecule has 1 aromatic rings. The summed E-state index contributed by atoms with van der Waals surface area (Å²) in [7, 11) is 0. The molecule has 70 valence electrons. The number of carbonyl (C=O) groups is 1. The third kappa shape index (κ3) is 2.85. The first-order valence-corrected chi connectivity index (χ1v) is 3.42. The van der Waals surface area contributed by atoms with Crippen LogP contribution >= 0.6 is 0 Å². The summed E-state index contributed by atoms with van der Waals surface area (Å²) in [5, 5.41) is 12.9. The Labute approximate surface area is 72.9 Å². The Kier molecular flexibility index (Phi) is 2.52. The summed E-state index contributed by atoms with van der Waals surface area (Å²) in [5.74, 6) is -0.0728. The van der Waals surface area contributed by atoms with Crippen LogP contribution in [0.15, 0.2) is 12.7 Å². The van der Waals surface area contributed by atoms with Gasteiger partial charge in [-0.05, 0) is 17.1 Å². The van der Waals surface area contributed by atoms with Gasteiger partial charge in [-0.1, -0.05) is 4.68 Å². The SMILES string of the molecule is CC(=O)Cn1c[n+](N[N+](=O)[O-])cn1. The van der Waals surface area contributed by atoms with Crippen molar-refractivity contribution in [2.24, 2.45) is 0 Å². The van der Waals surface area contributed by atoms with Crippen LogP contribution in [-0.2, 0) is 11.3 Å². The molecule has 0 amide bonds. The van der Waals surface area contributed by atoms with Gasteiger partial charge in [-0.15, -0.1) is 0 Å². The first kappa shape index (κ1) is 9.10. The van der Waals surface area contributed by atoms with E-state index in [2.05, 4.69) is 5.10 Å². The predicted octanol–water partition coefficient (Wildman–Crippen LogP) is -1.51. The van der Waals surface area contributed by atoms with Gasteiger partial charge in [0, 0.05) is 5.03 Å². The molecule has 0 aliphatic heterocycles. The van der Waals surface area contributed by atoms with E-state index in [9.17, 15) is 14.9 Å². The van der Waals surface area contributed by atoms with Crippen molar-refractivity contribution < 1.29 is 14.5 Å². The lowest BCUT2D eigenvalue weighted by Gasteiger charge is -1.91. The molecule has 0 spiro atoms. The maximum atomic E-state index is 10.6. The summed E-state index contributed by atoms with van der Waals surface area (Å²) >= 11 is 0. The van der Waals surface area contributed by atoms with E-state index in [0.717, 1.165) is 4.68 Å². The Hall–Kier alpha value is -1.99. The van der Waals surface area contributed by atoms with Crippen molar-refractivity contribution in [3.8, 4) is 0 Å². The van der Waals surface area contributed by atoms with E-state index in [-0.39, 0.29) is 12.3 Å². The van der Waals surface area contributed by atoms with Crippen molar-refractivity contribution >= 4 is 5.78 Å². The number of carbonyl (C=O) groups excluding carboxylic acids is 1. The average Bonchev–Trinajstić information content (AvgIpc) is 2.33. The second kappa shape index (κ2) is 3.61. The highest BCUT2D eigenvalue weighted by Crippen LogP contribution is 1.79. The van der Waals surface area contributed by atoms with E-state index >= 15 is 0 Å². The summed E-state index contributed by atoms with van der Waals surface area (Å²) in [6.07, 6.45) is 2.51. The molecular formula is C5H8N5O3+. The van der Waals surface area contributed by atoms with Crippen LogP contribution in [0.3, 0.4) is 0 Å². The van der Waals surface area contributed by atoms with E-state index in [0.29, 0.717) is 0 Å². The van der Waals surface area contributed by atoms with Gasteiger partial charge in [0.05, 0.1) is 0 Å². The fourth-order valence-electron chi connectivity index (χ4n) is 0.781. The molecule has 0 radical (unpaired) electrons. The summed E-state index contributed by atoms with van der Waals surface area (Å²) in [6, 6.07) is 0. The van der Waals surface area contributed by atoms with Crippen LogP contribution in [-0.4, -0.2) is 20.6 Å². The lowest BCUT2D eigenvalue weighted by molar-refractivity contribution is -0.774. The average molecular weight is 186 g/mol. The molecule has 0 unspecified atom stereocenters. The van der Waals surface area contributed by atoms with Crippen LogP contribution in [0, 0.1) is 10.1 Å². The highest BCUT2D eigenvalue weighted by molar-refractivity contribution is 5.75. The van der Waals surface area contributed by atoms with Crippen LogP contribution in [0.4, 0.5) is 0 Å². The third-order valence-electron chi connectivity index (χ3n) is 1.16. The molecule has 1 rings (SSSR count). The van der Waals surface area contributed by atoms with Gasteiger partial charge < -0.3 is 10.1 Å². The lowest BCUT2D eigenvalue weighted by atomic mass is 10.5. The van der Waals surface area contributed by atoms with Gasteiger partial charge in [0.25, 0.3) is 0 Å². The Morgan fingerprint density at radius 1 is 1.85 bits per heavy atom. The molecule has 0 aliphatic carbocycles. The normalized spacial score (nSPS) is 9.62. The summed E-state index contributed by atoms with van der Waals surface area (Å²) in [5.41, 5.74) is 1.84. The van der Waals surface area contributed by atoms with Gasteiger partial charge in [0.2, 0.25) is 0 Å². The highest BCUT2D eigenvalue weighted by atomic mass is 16.7. The van der Waals surface area contributed by atoms with Gasteiger partial charge in [-0.25, -0.2) is 0 Å². The first-order valence-electron chi connectivity index (χ1n) is 3.42. The maximum absolute atomic E-state index is 10.6. The minimum absolute atomic E-state index is 0.0728. The number of nitro groups is 1. The number of nitrogens with one attached hydrogen (secondary N) is 1. The van der Waals surface area contributed by atoms with Crippen molar-refractivity contribution in [2.45, 2.75) is 13.5 Å². The summed E-state index contributed by atoms with van der Waals surface area (Å²) < 4.78 is 2.34. The largest absolute Gasteiger partial charge is 0.364 e. The van der Waals surface area contributed by atoms with Gasteiger partial charge in [-0.3, -0.25) is 4.79 Å². The van der Waals surface area contributed by atoms with Crippen LogP contribution in [0.2, 0.25) is 0 Å². The Balaban J connectivity index is 2.63. The fourth-order valence-corrected chi connectivity index (χ4v) is 0.781. The number of Topliss-reactive ketones (excluding diaryl/α,β-unsaturated/α-hetero) is 1. The van der Waals surface area contributed by atoms with Crippen molar-refractivity contribution in [2.75, 3.05) is 5.53 Å². The van der Waals surface area contributed by atoms with Crippen molar-refractivity contribution in [1.29, 1.82) is 0 Å². The van der Waals surface area contributed by atoms with Crippen LogP contribution in [0.1, 0.15) is 6.92 Å². The minimum atomic E-state index is -0.722. The van der Waals surface area contributed by atoms with Crippen molar-refractivity contribution in [3.63, 3.8) is 0 Å².